The number of nitrogens with one attached hydrogen (secondary N) is 1. The lowest BCUT2D eigenvalue weighted by Gasteiger charge is -2.16. The summed E-state index contributed by atoms with van der Waals surface area (Å²) in [7, 11) is 0. The van der Waals surface area contributed by atoms with Crippen molar-refractivity contribution < 1.29 is 23.5 Å². The molecule has 1 N–H and O–H groups in total. The van der Waals surface area contributed by atoms with Gasteiger partial charge in [-0.05, 0) is 48.9 Å². The number of hydrogen-bond donors (Lipinski definition) is 1. The molecule has 0 unspecified atom stereocenters. The van der Waals surface area contributed by atoms with Crippen LogP contribution in [0.1, 0.15) is 18.5 Å². The highest BCUT2D eigenvalue weighted by molar-refractivity contribution is 6.35. The monoisotopic (exact) mass is 399 g/mol. The maximum atomic E-state index is 12.8. The molecule has 26 heavy (non-hydrogen) atoms. The Morgan fingerprint density at radius 2 is 1.81 bits per heavy atom. The molecule has 8 heteroatoms. The van der Waals surface area contributed by atoms with E-state index in [2.05, 4.69) is 5.32 Å². The summed E-state index contributed by atoms with van der Waals surface area (Å²) in [6, 6.07) is 9.74. The van der Waals surface area contributed by atoms with E-state index in [4.69, 9.17) is 32.7 Å². The quantitative estimate of drug-likeness (QED) is 0.716. The van der Waals surface area contributed by atoms with Crippen LogP contribution in [0.2, 0.25) is 10.0 Å². The molecule has 0 fully saturated rings. The Balaban J connectivity index is 1.75. The fourth-order valence-electron chi connectivity index (χ4n) is 2.07. The minimum Gasteiger partial charge on any atom is -0.482 e. The molecule has 0 bridgehead atoms. The van der Waals surface area contributed by atoms with Crippen LogP contribution in [0.25, 0.3) is 0 Å². The second-order valence-electron chi connectivity index (χ2n) is 5.36. The zero-order chi connectivity index (χ0) is 19.1. The molecule has 0 heterocycles. The van der Waals surface area contributed by atoms with Gasteiger partial charge in [0.1, 0.15) is 11.6 Å². The number of carbonyl (C=O) groups is 2. The van der Waals surface area contributed by atoms with Crippen molar-refractivity contribution in [2.24, 2.45) is 0 Å². The summed E-state index contributed by atoms with van der Waals surface area (Å²) in [5.74, 6) is -1.30. The zero-order valence-electron chi connectivity index (χ0n) is 13.8. The van der Waals surface area contributed by atoms with Crippen LogP contribution >= 0.6 is 23.2 Å². The normalized spacial score (nSPS) is 11.5. The first-order valence-electron chi connectivity index (χ1n) is 7.63. The number of halogens is 3. The number of ether oxygens (including phenoxy) is 2. The first-order chi connectivity index (χ1) is 12.3. The van der Waals surface area contributed by atoms with Crippen LogP contribution in [0.5, 0.6) is 5.75 Å². The van der Waals surface area contributed by atoms with Crippen molar-refractivity contribution in [3.8, 4) is 5.75 Å². The molecule has 0 spiro atoms. The molecule has 0 aliphatic rings. The van der Waals surface area contributed by atoms with E-state index in [0.717, 1.165) is 0 Å². The first kappa shape index (κ1) is 20.0. The molecule has 0 aliphatic carbocycles. The minimum absolute atomic E-state index is 0.318. The largest absolute Gasteiger partial charge is 0.482 e. The highest BCUT2D eigenvalue weighted by atomic mass is 35.5. The third-order valence-electron chi connectivity index (χ3n) is 3.34. The average molecular weight is 400 g/mol. The molecule has 2 aromatic carbocycles. The van der Waals surface area contributed by atoms with E-state index in [1.807, 2.05) is 0 Å². The van der Waals surface area contributed by atoms with Gasteiger partial charge in [-0.1, -0.05) is 29.3 Å². The Bertz CT molecular complexity index is 783. The molecule has 1 atom stereocenters. The lowest BCUT2D eigenvalue weighted by molar-refractivity contribution is -0.150. The fraction of sp³-hybridized carbons (Fsp3) is 0.222. The van der Waals surface area contributed by atoms with Crippen LogP contribution in [-0.2, 0) is 14.3 Å². The van der Waals surface area contributed by atoms with Crippen LogP contribution in [0.3, 0.4) is 0 Å². The third-order valence-corrected chi connectivity index (χ3v) is 3.90. The SMILES string of the molecule is C[C@H](NC(=O)COC(=O)COc1ccc(F)cc1)c1ccc(Cl)cc1Cl. The summed E-state index contributed by atoms with van der Waals surface area (Å²) < 4.78 is 22.7. The Labute approximate surface area is 160 Å². The van der Waals surface area contributed by atoms with E-state index < -0.39 is 30.9 Å². The lowest BCUT2D eigenvalue weighted by atomic mass is 10.1. The predicted molar refractivity (Wildman–Crippen MR) is 95.9 cm³/mol. The molecule has 138 valence electrons. The molecule has 0 saturated carbocycles. The van der Waals surface area contributed by atoms with Crippen LogP contribution in [-0.4, -0.2) is 25.1 Å². The van der Waals surface area contributed by atoms with Gasteiger partial charge in [-0.25, -0.2) is 9.18 Å². The topological polar surface area (TPSA) is 64.6 Å². The number of esters is 1. The van der Waals surface area contributed by atoms with Gasteiger partial charge in [0, 0.05) is 10.0 Å². The molecular weight excluding hydrogens is 384 g/mol. The van der Waals surface area contributed by atoms with Crippen LogP contribution < -0.4 is 10.1 Å². The van der Waals surface area contributed by atoms with Gasteiger partial charge >= 0.3 is 5.97 Å². The van der Waals surface area contributed by atoms with Crippen molar-refractivity contribution in [2.75, 3.05) is 13.2 Å². The van der Waals surface area contributed by atoms with Crippen molar-refractivity contribution in [3.05, 3.63) is 63.9 Å². The van der Waals surface area contributed by atoms with Crippen molar-refractivity contribution in [1.29, 1.82) is 0 Å². The van der Waals surface area contributed by atoms with E-state index in [0.29, 0.717) is 21.4 Å². The molecule has 2 rings (SSSR count). The fourth-order valence-corrected chi connectivity index (χ4v) is 2.65. The molecular formula is C18H16Cl2FNO4. The highest BCUT2D eigenvalue weighted by Gasteiger charge is 2.14. The Kier molecular flexibility index (Phi) is 7.24. The minimum atomic E-state index is -0.721. The van der Waals surface area contributed by atoms with Gasteiger partial charge in [0.05, 0.1) is 6.04 Å². The predicted octanol–water partition coefficient (Wildman–Crippen LogP) is 3.93. The molecule has 5 nitrogen and oxygen atoms in total. The van der Waals surface area contributed by atoms with Crippen LogP contribution in [0.15, 0.2) is 42.5 Å². The van der Waals surface area contributed by atoms with Crippen LogP contribution in [0.4, 0.5) is 4.39 Å². The molecule has 1 amide bonds. The van der Waals surface area contributed by atoms with Crippen molar-refractivity contribution >= 4 is 35.1 Å². The standard InChI is InChI=1S/C18H16Cl2FNO4/c1-11(15-7-2-12(19)8-16(15)20)22-17(23)9-26-18(24)10-25-14-5-3-13(21)4-6-14/h2-8,11H,9-10H2,1H3,(H,22,23)/t11-/m0/s1. The van der Waals surface area contributed by atoms with E-state index in [1.54, 1.807) is 25.1 Å². The smallest absolute Gasteiger partial charge is 0.344 e. The Morgan fingerprint density at radius 1 is 1.12 bits per heavy atom. The van der Waals surface area contributed by atoms with Crippen LogP contribution in [0, 0.1) is 5.82 Å². The first-order valence-corrected chi connectivity index (χ1v) is 8.39. The molecule has 0 saturated heterocycles. The van der Waals surface area contributed by atoms with E-state index >= 15 is 0 Å². The molecule has 0 radical (unpaired) electrons. The van der Waals surface area contributed by atoms with E-state index in [1.165, 1.54) is 24.3 Å². The number of carbonyl (C=O) groups excluding carboxylic acids is 2. The summed E-state index contributed by atoms with van der Waals surface area (Å²) >= 11 is 11.9. The maximum Gasteiger partial charge on any atom is 0.344 e. The molecule has 0 aliphatic heterocycles. The van der Waals surface area contributed by atoms with Gasteiger partial charge in [0.2, 0.25) is 0 Å². The van der Waals surface area contributed by atoms with Gasteiger partial charge in [0.25, 0.3) is 5.91 Å². The maximum absolute atomic E-state index is 12.8. The summed E-state index contributed by atoms with van der Waals surface area (Å²) in [4.78, 5) is 23.5. The van der Waals surface area contributed by atoms with E-state index in [-0.39, 0.29) is 6.04 Å². The Hall–Kier alpha value is -2.31. The van der Waals surface area contributed by atoms with Crippen molar-refractivity contribution in [1.82, 2.24) is 5.32 Å². The van der Waals surface area contributed by atoms with Gasteiger partial charge in [-0.15, -0.1) is 0 Å². The second kappa shape index (κ2) is 9.40. The third kappa shape index (κ3) is 6.20. The summed E-state index contributed by atoms with van der Waals surface area (Å²) in [6.45, 7) is 0.894. The van der Waals surface area contributed by atoms with E-state index in [9.17, 15) is 14.0 Å². The zero-order valence-corrected chi connectivity index (χ0v) is 15.3. The summed E-state index contributed by atoms with van der Waals surface area (Å²) in [5, 5.41) is 3.58. The van der Waals surface area contributed by atoms with Gasteiger partial charge < -0.3 is 14.8 Å². The number of hydrogen-bond acceptors (Lipinski definition) is 4. The van der Waals surface area contributed by atoms with Crippen molar-refractivity contribution in [3.63, 3.8) is 0 Å². The highest BCUT2D eigenvalue weighted by Crippen LogP contribution is 2.25. The number of rotatable bonds is 7. The summed E-state index contributed by atoms with van der Waals surface area (Å²) in [5.41, 5.74) is 0.690. The molecule has 0 aromatic heterocycles. The summed E-state index contributed by atoms with van der Waals surface area (Å²) in [6.07, 6.45) is 0. The van der Waals surface area contributed by atoms with Gasteiger partial charge in [-0.3, -0.25) is 4.79 Å². The second-order valence-corrected chi connectivity index (χ2v) is 6.20. The molecule has 2 aromatic rings. The average Bonchev–Trinajstić information content (AvgIpc) is 2.59. The van der Waals surface area contributed by atoms with Crippen molar-refractivity contribution in [2.45, 2.75) is 13.0 Å². The lowest BCUT2D eigenvalue weighted by Crippen LogP contribution is -2.32. The number of amides is 1. The number of benzene rings is 2. The van der Waals surface area contributed by atoms with Gasteiger partial charge in [0.15, 0.2) is 13.2 Å². The van der Waals surface area contributed by atoms with Gasteiger partial charge in [-0.2, -0.15) is 0 Å². The Morgan fingerprint density at radius 3 is 2.46 bits per heavy atom.